The van der Waals surface area contributed by atoms with Gasteiger partial charge in [0.15, 0.2) is 12.2 Å². The van der Waals surface area contributed by atoms with Gasteiger partial charge in [-0.3, -0.25) is 37.3 Å². The van der Waals surface area contributed by atoms with Gasteiger partial charge in [-0.15, -0.1) is 0 Å². The van der Waals surface area contributed by atoms with Crippen LogP contribution in [0.4, 0.5) is 0 Å². The fourth-order valence-corrected chi connectivity index (χ4v) is 12.5. The van der Waals surface area contributed by atoms with Crippen molar-refractivity contribution >= 4 is 39.5 Å². The summed E-state index contributed by atoms with van der Waals surface area (Å²) in [4.78, 5) is 72.7. The molecular weight excluding hydrogens is 1210 g/mol. The Morgan fingerprint density at radius 1 is 0.304 bits per heavy atom. The molecule has 0 rings (SSSR count). The molecule has 0 aromatic rings. The van der Waals surface area contributed by atoms with Gasteiger partial charge in [-0.2, -0.15) is 0 Å². The number of carbonyl (C=O) groups excluding carboxylic acids is 4. The van der Waals surface area contributed by atoms with Crippen LogP contribution in [0.3, 0.4) is 0 Å². The number of hydrogen-bond acceptors (Lipinski definition) is 15. The fourth-order valence-electron chi connectivity index (χ4n) is 11.0. The van der Waals surface area contributed by atoms with Crippen molar-refractivity contribution in [1.29, 1.82) is 0 Å². The molecule has 0 saturated carbocycles. The standard InChI is InChI=1S/C73H142O17P2/c1-9-65(7)51-43-35-27-20-17-18-22-29-39-47-55-72(77)89-69(60-84-71(76)54-46-38-32-31-36-44-52-66(8)10-2)62-88-92(81,82)86-58-67(74)57-85-91(79,80)87-61-68(90-73(78)56-48-40-30-24-23-26-34-42-50-64(5)6)59-83-70(75)53-45-37-28-21-16-14-12-11-13-15-19-25-33-41-49-63(3)4/h63-69,74H,9-62H2,1-8H3,(H,79,80)(H,81,82)/t65?,66?,67-,68-,69-/m1/s1. The van der Waals surface area contributed by atoms with Crippen molar-refractivity contribution < 1.29 is 80.2 Å². The van der Waals surface area contributed by atoms with Gasteiger partial charge in [-0.25, -0.2) is 9.13 Å². The zero-order chi connectivity index (χ0) is 68.2. The summed E-state index contributed by atoms with van der Waals surface area (Å²) in [5.41, 5.74) is 0. The minimum Gasteiger partial charge on any atom is -0.462 e. The Morgan fingerprint density at radius 2 is 0.522 bits per heavy atom. The Balaban J connectivity index is 5.23. The first kappa shape index (κ1) is 90.1. The van der Waals surface area contributed by atoms with Gasteiger partial charge in [0.25, 0.3) is 0 Å². The Morgan fingerprint density at radius 3 is 0.772 bits per heavy atom. The summed E-state index contributed by atoms with van der Waals surface area (Å²) in [6.45, 7) is 14.1. The van der Waals surface area contributed by atoms with E-state index in [1.54, 1.807) is 0 Å². The molecule has 3 N–H and O–H groups in total. The van der Waals surface area contributed by atoms with Crippen LogP contribution in [0.25, 0.3) is 0 Å². The van der Waals surface area contributed by atoms with Crippen LogP contribution in [0.2, 0.25) is 0 Å². The molecule has 0 amide bonds. The smallest absolute Gasteiger partial charge is 0.462 e. The number of unbranched alkanes of at least 4 members (excludes halogenated alkanes) is 34. The van der Waals surface area contributed by atoms with Gasteiger partial charge in [0.1, 0.15) is 19.3 Å². The van der Waals surface area contributed by atoms with E-state index in [1.165, 1.54) is 161 Å². The van der Waals surface area contributed by atoms with Crippen LogP contribution >= 0.6 is 15.6 Å². The lowest BCUT2D eigenvalue weighted by Gasteiger charge is -2.21. The SMILES string of the molecule is CCC(C)CCCCCCCCCCCCC(=O)O[C@H](COC(=O)CCCCCCCCC(C)CC)COP(=O)(O)OC[C@H](O)COP(=O)(O)OC[C@@H](COC(=O)CCCCCCCCCCCCCCCCC(C)C)OC(=O)CCCCCCCCCCC(C)C. The van der Waals surface area contributed by atoms with Crippen molar-refractivity contribution in [1.82, 2.24) is 0 Å². The number of phosphoric ester groups is 2. The third-order valence-electron chi connectivity index (χ3n) is 17.5. The minimum absolute atomic E-state index is 0.104. The van der Waals surface area contributed by atoms with Crippen molar-refractivity contribution in [3.05, 3.63) is 0 Å². The molecular formula is C73H142O17P2. The average Bonchev–Trinajstić information content (AvgIpc) is 3.67. The van der Waals surface area contributed by atoms with Crippen LogP contribution in [0.5, 0.6) is 0 Å². The normalized spacial score (nSPS) is 14.8. The van der Waals surface area contributed by atoms with E-state index < -0.39 is 97.5 Å². The average molecular weight is 1350 g/mol. The first-order chi connectivity index (χ1) is 44.2. The van der Waals surface area contributed by atoms with Crippen LogP contribution < -0.4 is 0 Å². The molecule has 17 nitrogen and oxygen atoms in total. The fraction of sp³-hybridized carbons (Fsp3) is 0.945. The number of esters is 4. The third-order valence-corrected chi connectivity index (χ3v) is 19.4. The molecule has 0 aliphatic heterocycles. The van der Waals surface area contributed by atoms with E-state index in [9.17, 15) is 43.2 Å². The highest BCUT2D eigenvalue weighted by Crippen LogP contribution is 2.45. The maximum atomic E-state index is 13.0. The molecule has 0 aliphatic rings. The van der Waals surface area contributed by atoms with Gasteiger partial charge in [-0.1, -0.05) is 312 Å². The Hall–Kier alpha value is -1.94. The highest BCUT2D eigenvalue weighted by atomic mass is 31.2. The van der Waals surface area contributed by atoms with Crippen LogP contribution in [0.15, 0.2) is 0 Å². The van der Waals surface area contributed by atoms with Crippen LogP contribution in [-0.2, 0) is 65.4 Å². The zero-order valence-electron chi connectivity index (χ0n) is 60.2. The van der Waals surface area contributed by atoms with Crippen molar-refractivity contribution in [3.63, 3.8) is 0 Å². The van der Waals surface area contributed by atoms with Gasteiger partial charge in [0.2, 0.25) is 0 Å². The van der Waals surface area contributed by atoms with Crippen molar-refractivity contribution in [2.45, 2.75) is 382 Å². The second-order valence-electron chi connectivity index (χ2n) is 27.8. The summed E-state index contributed by atoms with van der Waals surface area (Å²) in [7, 11) is -9.91. The largest absolute Gasteiger partial charge is 0.472 e. The van der Waals surface area contributed by atoms with Crippen molar-refractivity contribution in [3.8, 4) is 0 Å². The Labute approximate surface area is 562 Å². The van der Waals surface area contributed by atoms with Gasteiger partial charge >= 0.3 is 39.5 Å². The zero-order valence-corrected chi connectivity index (χ0v) is 62.0. The summed E-state index contributed by atoms with van der Waals surface area (Å²) in [5.74, 6) is 0.924. The van der Waals surface area contributed by atoms with Gasteiger partial charge in [0.05, 0.1) is 26.4 Å². The molecule has 92 heavy (non-hydrogen) atoms. The molecule has 0 radical (unpaired) electrons. The third kappa shape index (κ3) is 64.1. The van der Waals surface area contributed by atoms with E-state index in [0.717, 1.165) is 120 Å². The molecule has 0 aromatic carbocycles. The molecule has 0 bridgehead atoms. The number of aliphatic hydroxyl groups is 1. The van der Waals surface area contributed by atoms with Gasteiger partial charge < -0.3 is 33.8 Å². The van der Waals surface area contributed by atoms with E-state index >= 15 is 0 Å². The molecule has 0 saturated heterocycles. The van der Waals surface area contributed by atoms with Crippen molar-refractivity contribution in [2.24, 2.45) is 23.7 Å². The maximum absolute atomic E-state index is 13.0. The Bertz CT molecular complexity index is 1820. The lowest BCUT2D eigenvalue weighted by Crippen LogP contribution is -2.30. The second kappa shape index (κ2) is 62.6. The summed E-state index contributed by atoms with van der Waals surface area (Å²) < 4.78 is 68.4. The monoisotopic (exact) mass is 1350 g/mol. The maximum Gasteiger partial charge on any atom is 0.472 e. The van der Waals surface area contributed by atoms with Gasteiger partial charge in [-0.05, 0) is 49.4 Å². The highest BCUT2D eigenvalue weighted by molar-refractivity contribution is 7.47. The minimum atomic E-state index is -4.95. The number of ether oxygens (including phenoxy) is 4. The molecule has 0 aromatic heterocycles. The topological polar surface area (TPSA) is 237 Å². The molecule has 0 aliphatic carbocycles. The number of aliphatic hydroxyl groups excluding tert-OH is 1. The summed E-state index contributed by atoms with van der Waals surface area (Å²) in [5, 5.41) is 10.6. The molecule has 0 fully saturated rings. The summed E-state index contributed by atoms with van der Waals surface area (Å²) in [6, 6.07) is 0. The van der Waals surface area contributed by atoms with E-state index in [2.05, 4.69) is 55.4 Å². The van der Waals surface area contributed by atoms with Crippen LogP contribution in [-0.4, -0.2) is 96.7 Å². The molecule has 0 spiro atoms. The molecule has 4 unspecified atom stereocenters. The number of hydrogen-bond donors (Lipinski definition) is 3. The van der Waals surface area contributed by atoms with E-state index in [-0.39, 0.29) is 25.7 Å². The first-order valence-corrected chi connectivity index (χ1v) is 40.8. The van der Waals surface area contributed by atoms with E-state index in [1.807, 2.05) is 0 Å². The highest BCUT2D eigenvalue weighted by Gasteiger charge is 2.30. The van der Waals surface area contributed by atoms with E-state index in [4.69, 9.17) is 37.0 Å². The van der Waals surface area contributed by atoms with Gasteiger partial charge in [0, 0.05) is 25.7 Å². The molecule has 0 heterocycles. The quantitative estimate of drug-likeness (QED) is 0.0222. The summed E-state index contributed by atoms with van der Waals surface area (Å²) >= 11 is 0. The molecule has 19 heteroatoms. The van der Waals surface area contributed by atoms with E-state index in [0.29, 0.717) is 25.7 Å². The molecule has 546 valence electrons. The first-order valence-electron chi connectivity index (χ1n) is 37.8. The second-order valence-corrected chi connectivity index (χ2v) is 30.7. The lowest BCUT2D eigenvalue weighted by molar-refractivity contribution is -0.161. The molecule has 7 atom stereocenters. The predicted molar refractivity (Wildman–Crippen MR) is 372 cm³/mol. The van der Waals surface area contributed by atoms with Crippen molar-refractivity contribution in [2.75, 3.05) is 39.6 Å². The lowest BCUT2D eigenvalue weighted by atomic mass is 9.99. The van der Waals surface area contributed by atoms with Crippen LogP contribution in [0.1, 0.15) is 364 Å². The summed E-state index contributed by atoms with van der Waals surface area (Å²) in [6.07, 6.45) is 45.8. The van der Waals surface area contributed by atoms with Crippen LogP contribution in [0, 0.1) is 23.7 Å². The number of rotatable bonds is 70. The number of phosphoric acid groups is 2. The predicted octanol–water partition coefficient (Wildman–Crippen LogP) is 20.9. The Kier molecular flexibility index (Phi) is 61.3. The number of carbonyl (C=O) groups is 4.